The summed E-state index contributed by atoms with van der Waals surface area (Å²) < 4.78 is 0. The summed E-state index contributed by atoms with van der Waals surface area (Å²) in [6.45, 7) is 4.58. The summed E-state index contributed by atoms with van der Waals surface area (Å²) >= 11 is 0. The molecule has 0 amide bonds. The molecule has 1 aliphatic rings. The van der Waals surface area contributed by atoms with Crippen molar-refractivity contribution in [3.05, 3.63) is 47.3 Å². The van der Waals surface area contributed by atoms with Gasteiger partial charge >= 0.3 is 0 Å². The molecule has 1 atom stereocenters. The van der Waals surface area contributed by atoms with Crippen LogP contribution >= 0.6 is 0 Å². The molecule has 0 spiro atoms. The molecule has 0 saturated heterocycles. The van der Waals surface area contributed by atoms with E-state index in [1.807, 2.05) is 0 Å². The van der Waals surface area contributed by atoms with E-state index >= 15 is 0 Å². The van der Waals surface area contributed by atoms with Gasteiger partial charge < -0.3 is 0 Å². The zero-order chi connectivity index (χ0) is 16.8. The second-order valence-corrected chi connectivity index (χ2v) is 7.37. The lowest BCUT2D eigenvalue weighted by Crippen LogP contribution is -2.14. The largest absolute Gasteiger partial charge is 0.236 e. The highest BCUT2D eigenvalue weighted by molar-refractivity contribution is 5.55. The Morgan fingerprint density at radius 1 is 1.04 bits per heavy atom. The molecule has 1 heterocycles. The van der Waals surface area contributed by atoms with Crippen LogP contribution in [0.5, 0.6) is 0 Å². The summed E-state index contributed by atoms with van der Waals surface area (Å²) in [6, 6.07) is 8.88. The number of hydrogen-bond donors (Lipinski definition) is 0. The van der Waals surface area contributed by atoms with Crippen LogP contribution in [-0.4, -0.2) is 9.97 Å². The molecular formula is C22H30N2. The van der Waals surface area contributed by atoms with E-state index in [4.69, 9.17) is 4.98 Å². The number of rotatable bonds is 7. The van der Waals surface area contributed by atoms with Crippen molar-refractivity contribution in [3.8, 4) is 11.4 Å². The Bertz CT molecular complexity index is 646. The number of aromatic nitrogens is 2. The molecule has 3 rings (SSSR count). The highest BCUT2D eigenvalue weighted by Crippen LogP contribution is 2.25. The minimum Gasteiger partial charge on any atom is -0.236 e. The lowest BCUT2D eigenvalue weighted by Gasteiger charge is -2.20. The molecule has 0 fully saturated rings. The molecule has 24 heavy (non-hydrogen) atoms. The van der Waals surface area contributed by atoms with Crippen molar-refractivity contribution in [2.24, 2.45) is 5.92 Å². The van der Waals surface area contributed by atoms with Crippen molar-refractivity contribution in [1.82, 2.24) is 9.97 Å². The van der Waals surface area contributed by atoms with E-state index in [-0.39, 0.29) is 0 Å². The van der Waals surface area contributed by atoms with Gasteiger partial charge in [0, 0.05) is 17.5 Å². The molecule has 0 N–H and O–H groups in total. The molecule has 1 aliphatic carbocycles. The van der Waals surface area contributed by atoms with Gasteiger partial charge in [0.05, 0.1) is 0 Å². The van der Waals surface area contributed by atoms with Crippen LogP contribution in [0.25, 0.3) is 11.4 Å². The van der Waals surface area contributed by atoms with Gasteiger partial charge in [0.25, 0.3) is 0 Å². The van der Waals surface area contributed by atoms with Crippen molar-refractivity contribution in [2.75, 3.05) is 0 Å². The van der Waals surface area contributed by atoms with Crippen LogP contribution in [0.3, 0.4) is 0 Å². The third kappa shape index (κ3) is 4.43. The van der Waals surface area contributed by atoms with Crippen molar-refractivity contribution in [1.29, 1.82) is 0 Å². The van der Waals surface area contributed by atoms with Gasteiger partial charge in [0.2, 0.25) is 0 Å². The highest BCUT2D eigenvalue weighted by Gasteiger charge is 2.17. The van der Waals surface area contributed by atoms with E-state index in [0.29, 0.717) is 0 Å². The Labute approximate surface area is 146 Å². The molecule has 0 radical (unpaired) electrons. The summed E-state index contributed by atoms with van der Waals surface area (Å²) in [5.74, 6) is 1.65. The van der Waals surface area contributed by atoms with Gasteiger partial charge in [-0.1, -0.05) is 63.8 Å². The van der Waals surface area contributed by atoms with Crippen molar-refractivity contribution in [2.45, 2.75) is 71.6 Å². The summed E-state index contributed by atoms with van der Waals surface area (Å²) in [5.41, 5.74) is 5.19. The highest BCUT2D eigenvalue weighted by atomic mass is 14.9. The molecule has 2 nitrogen and oxygen atoms in total. The number of fused-ring (bicyclic) bond motifs is 1. The van der Waals surface area contributed by atoms with Gasteiger partial charge in [-0.25, -0.2) is 9.97 Å². The molecule has 0 aliphatic heterocycles. The predicted molar refractivity (Wildman–Crippen MR) is 101 cm³/mol. The number of hydrogen-bond acceptors (Lipinski definition) is 2. The fourth-order valence-corrected chi connectivity index (χ4v) is 3.58. The molecule has 2 heteroatoms. The zero-order valence-electron chi connectivity index (χ0n) is 15.2. The van der Waals surface area contributed by atoms with E-state index in [0.717, 1.165) is 30.1 Å². The van der Waals surface area contributed by atoms with Crippen LogP contribution in [0.4, 0.5) is 0 Å². The molecule has 2 aromatic rings. The third-order valence-corrected chi connectivity index (χ3v) is 5.18. The zero-order valence-corrected chi connectivity index (χ0v) is 15.2. The van der Waals surface area contributed by atoms with Gasteiger partial charge in [-0.2, -0.15) is 0 Å². The van der Waals surface area contributed by atoms with E-state index in [1.165, 1.54) is 61.8 Å². The first-order valence-corrected chi connectivity index (χ1v) is 9.70. The monoisotopic (exact) mass is 322 g/mol. The molecule has 1 aromatic carbocycles. The van der Waals surface area contributed by atoms with E-state index in [2.05, 4.69) is 49.3 Å². The molecule has 128 valence electrons. The normalized spacial score (nSPS) is 16.8. The van der Waals surface area contributed by atoms with E-state index in [9.17, 15) is 0 Å². The van der Waals surface area contributed by atoms with Crippen LogP contribution in [0.15, 0.2) is 30.5 Å². The lowest BCUT2D eigenvalue weighted by atomic mass is 9.89. The van der Waals surface area contributed by atoms with Gasteiger partial charge in [-0.15, -0.1) is 0 Å². The van der Waals surface area contributed by atoms with Crippen LogP contribution in [0.2, 0.25) is 0 Å². The first kappa shape index (κ1) is 17.1. The standard InChI is InChI=1S/C22H30N2/c1-3-4-5-6-7-8-18-10-12-19(13-11-18)22-23-16-20-15-17(2)9-14-21(20)24-22/h10-13,16-17H,3-9,14-15H2,1-2H3. The van der Waals surface area contributed by atoms with Gasteiger partial charge in [-0.3, -0.25) is 0 Å². The quantitative estimate of drug-likeness (QED) is 0.604. The number of aryl methyl sites for hydroxylation is 2. The lowest BCUT2D eigenvalue weighted by molar-refractivity contribution is 0.492. The minimum absolute atomic E-state index is 0.767. The third-order valence-electron chi connectivity index (χ3n) is 5.18. The van der Waals surface area contributed by atoms with Crippen LogP contribution < -0.4 is 0 Å². The second-order valence-electron chi connectivity index (χ2n) is 7.37. The smallest absolute Gasteiger partial charge is 0.159 e. The molecule has 0 saturated carbocycles. The minimum atomic E-state index is 0.767. The Morgan fingerprint density at radius 3 is 2.62 bits per heavy atom. The Balaban J connectivity index is 1.61. The van der Waals surface area contributed by atoms with E-state index in [1.54, 1.807) is 0 Å². The average Bonchev–Trinajstić information content (AvgIpc) is 2.62. The molecular weight excluding hydrogens is 292 g/mol. The summed E-state index contributed by atoms with van der Waals surface area (Å²) in [7, 11) is 0. The fraction of sp³-hybridized carbons (Fsp3) is 0.545. The topological polar surface area (TPSA) is 25.8 Å². The van der Waals surface area contributed by atoms with Gasteiger partial charge in [0.1, 0.15) is 0 Å². The Hall–Kier alpha value is -1.70. The first-order chi connectivity index (χ1) is 11.8. The van der Waals surface area contributed by atoms with Gasteiger partial charge in [0.15, 0.2) is 5.82 Å². The maximum Gasteiger partial charge on any atom is 0.159 e. The van der Waals surface area contributed by atoms with Crippen molar-refractivity contribution in [3.63, 3.8) is 0 Å². The summed E-state index contributed by atoms with van der Waals surface area (Å²) in [5, 5.41) is 0. The number of benzene rings is 1. The Morgan fingerprint density at radius 2 is 1.83 bits per heavy atom. The fourth-order valence-electron chi connectivity index (χ4n) is 3.58. The van der Waals surface area contributed by atoms with Crippen LogP contribution in [0.1, 0.15) is 69.2 Å². The molecule has 1 aromatic heterocycles. The molecule has 0 bridgehead atoms. The van der Waals surface area contributed by atoms with Crippen molar-refractivity contribution >= 4 is 0 Å². The first-order valence-electron chi connectivity index (χ1n) is 9.70. The van der Waals surface area contributed by atoms with Crippen LogP contribution in [-0.2, 0) is 19.3 Å². The Kier molecular flexibility index (Phi) is 6.01. The maximum absolute atomic E-state index is 4.83. The predicted octanol–water partition coefficient (Wildman–Crippen LogP) is 5.78. The SMILES string of the molecule is CCCCCCCc1ccc(-c2ncc3c(n2)CCC(C)C3)cc1. The van der Waals surface area contributed by atoms with Gasteiger partial charge in [-0.05, 0) is 49.1 Å². The number of nitrogens with zero attached hydrogens (tertiary/aromatic N) is 2. The summed E-state index contributed by atoms with van der Waals surface area (Å²) in [4.78, 5) is 9.44. The van der Waals surface area contributed by atoms with Crippen LogP contribution in [0, 0.1) is 5.92 Å². The van der Waals surface area contributed by atoms with Crippen molar-refractivity contribution < 1.29 is 0 Å². The maximum atomic E-state index is 4.83. The second kappa shape index (κ2) is 8.41. The van der Waals surface area contributed by atoms with E-state index < -0.39 is 0 Å². The number of unbranched alkanes of at least 4 members (excludes halogenated alkanes) is 4. The molecule has 1 unspecified atom stereocenters. The average molecular weight is 322 g/mol. The summed E-state index contributed by atoms with van der Waals surface area (Å²) in [6.07, 6.45) is 13.4.